The summed E-state index contributed by atoms with van der Waals surface area (Å²) in [4.78, 5) is 0.921. The van der Waals surface area contributed by atoms with Crippen molar-refractivity contribution in [3.63, 3.8) is 0 Å². The van der Waals surface area contributed by atoms with Crippen LogP contribution < -0.4 is 15.6 Å². The number of nitrogens with one attached hydrogen (secondary N) is 1. The van der Waals surface area contributed by atoms with Crippen molar-refractivity contribution in [3.05, 3.63) is 102 Å². The van der Waals surface area contributed by atoms with Crippen molar-refractivity contribution in [1.82, 2.24) is 25.2 Å². The zero-order chi connectivity index (χ0) is 32.0. The Morgan fingerprint density at radius 2 is 1.07 bits per heavy atom. The van der Waals surface area contributed by atoms with E-state index in [1.165, 1.54) is 32.5 Å². The van der Waals surface area contributed by atoms with E-state index in [-0.39, 0.29) is 5.92 Å². The smallest absolute Gasteiger partial charge is 0.347 e. The number of nitrogens with zero attached hydrogens (tertiary/aromatic N) is 5. The normalized spacial score (nSPS) is 18.8. The summed E-state index contributed by atoms with van der Waals surface area (Å²) in [6, 6.07) is 28.0. The van der Waals surface area contributed by atoms with Crippen molar-refractivity contribution < 1.29 is 25.0 Å². The van der Waals surface area contributed by atoms with Gasteiger partial charge in [0, 0.05) is 32.1 Å². The second kappa shape index (κ2) is 15.0. The lowest BCUT2D eigenvalue weighted by molar-refractivity contribution is -0.298. The molecule has 5 unspecified atom stereocenters. The van der Waals surface area contributed by atoms with Crippen LogP contribution in [-0.4, -0.2) is 91.4 Å². The average Bonchev–Trinajstić information content (AvgIpc) is 2.99. The average molecular weight is 628 g/mol. The Balaban J connectivity index is 1.85. The van der Waals surface area contributed by atoms with E-state index in [0.717, 1.165) is 31.6 Å². The van der Waals surface area contributed by atoms with Crippen LogP contribution in [0.3, 0.4) is 0 Å². The molecule has 3 aromatic rings. The number of hydrazine groups is 3. The van der Waals surface area contributed by atoms with Gasteiger partial charge < -0.3 is 25.7 Å². The first kappa shape index (κ1) is 34.2. The van der Waals surface area contributed by atoms with Gasteiger partial charge in [0.2, 0.25) is 0 Å². The number of rotatable bonds is 13. The van der Waals surface area contributed by atoms with Gasteiger partial charge in [-0.3, -0.25) is 4.57 Å². The monoisotopic (exact) mass is 627 g/mol. The molecule has 0 aromatic heterocycles. The molecular formula is C31H46N7O5P. The fourth-order valence-electron chi connectivity index (χ4n) is 5.73. The van der Waals surface area contributed by atoms with Crippen molar-refractivity contribution >= 4 is 13.3 Å². The molecule has 4 rings (SSSR count). The predicted octanol–water partition coefficient (Wildman–Crippen LogP) is 2.65. The number of piperazine rings is 1. The van der Waals surface area contributed by atoms with Crippen molar-refractivity contribution in [2.45, 2.75) is 58.5 Å². The summed E-state index contributed by atoms with van der Waals surface area (Å²) in [5.41, 5.74) is 10.6. The Kier molecular flexibility index (Phi) is 11.7. The number of hydrogen-bond donors (Lipinski definition) is 6. The van der Waals surface area contributed by atoms with E-state index in [1.807, 2.05) is 65.7 Å². The first-order chi connectivity index (χ1) is 20.9. The molecule has 3 aromatic carbocycles. The summed E-state index contributed by atoms with van der Waals surface area (Å²) in [6.45, 7) is 7.62. The van der Waals surface area contributed by atoms with Crippen LogP contribution in [0.15, 0.2) is 84.9 Å². The number of aliphatic hydroxyl groups is 4. The van der Waals surface area contributed by atoms with Gasteiger partial charge in [-0.15, -0.1) is 0 Å². The molecule has 0 radical (unpaired) electrons. The largest absolute Gasteiger partial charge is 0.377 e. The summed E-state index contributed by atoms with van der Waals surface area (Å²) < 4.78 is 16.6. The maximum absolute atomic E-state index is 15.1. The van der Waals surface area contributed by atoms with Crippen LogP contribution in [0.25, 0.3) is 0 Å². The highest BCUT2D eigenvalue weighted by Gasteiger charge is 2.49. The van der Waals surface area contributed by atoms with Crippen LogP contribution in [-0.2, 0) is 4.57 Å². The van der Waals surface area contributed by atoms with E-state index >= 15 is 4.57 Å². The van der Waals surface area contributed by atoms with Gasteiger partial charge in [0.25, 0.3) is 0 Å². The number of hydrogen-bond acceptors (Lipinski definition) is 9. The summed E-state index contributed by atoms with van der Waals surface area (Å²) in [5, 5.41) is 50.0. The molecule has 0 aliphatic carbocycles. The second-order valence-electron chi connectivity index (χ2n) is 11.0. The zero-order valence-corrected chi connectivity index (χ0v) is 26.7. The number of benzene rings is 3. The second-order valence-corrected chi connectivity index (χ2v) is 12.9. The molecule has 240 valence electrons. The number of nitrogens with two attached hydrogens (primary N) is 1. The maximum Gasteiger partial charge on any atom is 0.347 e. The van der Waals surface area contributed by atoms with Gasteiger partial charge in [-0.25, -0.2) is 15.3 Å². The van der Waals surface area contributed by atoms with Crippen molar-refractivity contribution in [2.24, 2.45) is 5.50 Å². The first-order valence-electron chi connectivity index (χ1n) is 14.9. The third-order valence-electron chi connectivity index (χ3n) is 7.56. The van der Waals surface area contributed by atoms with Gasteiger partial charge >= 0.3 is 7.59 Å². The fourth-order valence-corrected chi connectivity index (χ4v) is 8.08. The highest BCUT2D eigenvalue weighted by atomic mass is 31.2. The van der Waals surface area contributed by atoms with Crippen LogP contribution in [0.4, 0.5) is 5.69 Å². The van der Waals surface area contributed by atoms with Gasteiger partial charge in [0.1, 0.15) is 24.9 Å². The van der Waals surface area contributed by atoms with Gasteiger partial charge in [0.15, 0.2) is 0 Å². The van der Waals surface area contributed by atoms with Gasteiger partial charge in [-0.05, 0) is 56.5 Å². The lowest BCUT2D eigenvalue weighted by Gasteiger charge is -2.52. The van der Waals surface area contributed by atoms with Gasteiger partial charge in [-0.2, -0.15) is 10.0 Å². The van der Waals surface area contributed by atoms with E-state index in [4.69, 9.17) is 5.50 Å². The standard InChI is InChI=1S/C31H46N7O5P/c1-23(39)35(24(2)40)38(36(25(3)41)26(4)42)44(32,43)37(34-21-19-33-20-22-34)30-17-15-29(16-18-30)31(27-11-7-5-8-12-27)28-13-9-6-10-14-28/h5-18,23-26,31,33,39-42H,19-22H2,1-4H3,(H2,32,43). The van der Waals surface area contributed by atoms with E-state index in [0.29, 0.717) is 31.9 Å². The Morgan fingerprint density at radius 3 is 1.45 bits per heavy atom. The molecule has 12 nitrogen and oxygen atoms in total. The summed E-state index contributed by atoms with van der Waals surface area (Å²) in [6.07, 6.45) is -5.57. The predicted molar refractivity (Wildman–Crippen MR) is 171 cm³/mol. The van der Waals surface area contributed by atoms with E-state index in [1.54, 1.807) is 0 Å². The molecule has 0 amide bonds. The minimum atomic E-state index is -4.41. The van der Waals surface area contributed by atoms with Crippen LogP contribution in [0.1, 0.15) is 50.3 Å². The van der Waals surface area contributed by atoms with Gasteiger partial charge in [-0.1, -0.05) is 77.7 Å². The van der Waals surface area contributed by atoms with Crippen LogP contribution in [0.5, 0.6) is 0 Å². The lowest BCUT2D eigenvalue weighted by Crippen LogP contribution is -2.66. The third kappa shape index (κ3) is 7.56. The van der Waals surface area contributed by atoms with E-state index in [9.17, 15) is 20.4 Å². The molecule has 1 fully saturated rings. The molecule has 0 bridgehead atoms. The summed E-state index contributed by atoms with van der Waals surface area (Å²) >= 11 is 0. The van der Waals surface area contributed by atoms with Crippen molar-refractivity contribution in [3.8, 4) is 0 Å². The highest BCUT2D eigenvalue weighted by Crippen LogP contribution is 2.52. The molecule has 44 heavy (non-hydrogen) atoms. The molecule has 1 aliphatic rings. The number of aliphatic hydroxyl groups excluding tert-OH is 4. The van der Waals surface area contributed by atoms with Crippen LogP contribution >= 0.6 is 7.59 Å². The Bertz CT molecular complexity index is 1270. The van der Waals surface area contributed by atoms with Crippen LogP contribution in [0, 0.1) is 0 Å². The molecule has 7 N–H and O–H groups in total. The Hall–Kier alpha value is -2.71. The molecule has 1 saturated heterocycles. The third-order valence-corrected chi connectivity index (χ3v) is 9.51. The maximum atomic E-state index is 15.1. The fraction of sp³-hybridized carbons (Fsp3) is 0.419. The summed E-state index contributed by atoms with van der Waals surface area (Å²) in [5.74, 6) is -0.0535. The molecule has 0 spiro atoms. The van der Waals surface area contributed by atoms with E-state index in [2.05, 4.69) is 29.6 Å². The Labute approximate surface area is 260 Å². The molecule has 0 saturated carbocycles. The lowest BCUT2D eigenvalue weighted by atomic mass is 9.85. The van der Waals surface area contributed by atoms with E-state index < -0.39 is 32.5 Å². The van der Waals surface area contributed by atoms with Crippen LogP contribution in [0.2, 0.25) is 0 Å². The highest BCUT2D eigenvalue weighted by molar-refractivity contribution is 7.60. The molecule has 1 heterocycles. The molecule has 1 aliphatic heterocycles. The van der Waals surface area contributed by atoms with Crippen molar-refractivity contribution in [2.75, 3.05) is 31.0 Å². The summed E-state index contributed by atoms with van der Waals surface area (Å²) in [7, 11) is -4.41. The molecule has 13 heteroatoms. The zero-order valence-electron chi connectivity index (χ0n) is 25.8. The number of anilines is 1. The SMILES string of the molecule is CC(O)N(C(C)O)N(N(C(C)O)C(C)O)P(N)(=O)N(c1ccc(C(c2ccccc2)c2ccccc2)cc1)N1CCNCC1. The molecular weight excluding hydrogens is 581 g/mol. The minimum absolute atomic E-state index is 0.0535. The quantitative estimate of drug-likeness (QED) is 0.0715. The minimum Gasteiger partial charge on any atom is -0.377 e. The van der Waals surface area contributed by atoms with Crippen molar-refractivity contribution in [1.29, 1.82) is 0 Å². The first-order valence-corrected chi connectivity index (χ1v) is 16.6. The molecule has 5 atom stereocenters. The van der Waals surface area contributed by atoms with Gasteiger partial charge in [0.05, 0.1) is 5.69 Å². The Morgan fingerprint density at radius 1 is 0.682 bits per heavy atom. The topological polar surface area (TPSA) is 152 Å².